The number of nitrogens with zero attached hydrogens (tertiary/aromatic N) is 1. The first-order valence-electron chi connectivity index (χ1n) is 8.64. The van der Waals surface area contributed by atoms with Crippen LogP contribution in [0, 0.1) is 11.6 Å². The van der Waals surface area contributed by atoms with E-state index in [-0.39, 0.29) is 5.56 Å². The van der Waals surface area contributed by atoms with Gasteiger partial charge in [0.2, 0.25) is 5.69 Å². The topological polar surface area (TPSA) is 3.88 Å². The first-order valence-corrected chi connectivity index (χ1v) is 8.64. The van der Waals surface area contributed by atoms with E-state index in [1.807, 2.05) is 32.3 Å². The zero-order valence-electron chi connectivity index (χ0n) is 15.1. The number of benzene rings is 1. The van der Waals surface area contributed by atoms with Gasteiger partial charge in [0.1, 0.15) is 11.4 Å². The molecule has 6 heteroatoms. The van der Waals surface area contributed by atoms with Gasteiger partial charge in [-0.25, -0.2) is 8.78 Å². The molecular formula is C20H21F5N+. The lowest BCUT2D eigenvalue weighted by Gasteiger charge is -2.46. The number of fused-ring (bicyclic) bond motifs is 3. The van der Waals surface area contributed by atoms with Gasteiger partial charge in [0.05, 0.1) is 11.0 Å². The van der Waals surface area contributed by atoms with E-state index in [9.17, 15) is 17.6 Å². The number of halogens is 5. The maximum absolute atomic E-state index is 15.1. The van der Waals surface area contributed by atoms with Gasteiger partial charge in [-0.2, -0.15) is 17.7 Å². The average molecular weight is 370 g/mol. The lowest BCUT2D eigenvalue weighted by atomic mass is 9.60. The van der Waals surface area contributed by atoms with Crippen LogP contribution < -0.4 is 4.57 Å². The monoisotopic (exact) mass is 370 g/mol. The fourth-order valence-electron chi connectivity index (χ4n) is 4.33. The Labute approximate surface area is 149 Å². The van der Waals surface area contributed by atoms with Gasteiger partial charge < -0.3 is 0 Å². The highest BCUT2D eigenvalue weighted by atomic mass is 19.4. The second-order valence-electron chi connectivity index (χ2n) is 7.24. The van der Waals surface area contributed by atoms with Gasteiger partial charge in [0.25, 0.3) is 0 Å². The molecule has 0 N–H and O–H groups in total. The summed E-state index contributed by atoms with van der Waals surface area (Å²) in [6.45, 7) is 7.71. The maximum atomic E-state index is 15.1. The fourth-order valence-corrected chi connectivity index (χ4v) is 4.33. The minimum Gasteiger partial charge on any atom is -0.206 e. The van der Waals surface area contributed by atoms with Crippen LogP contribution >= 0.6 is 0 Å². The van der Waals surface area contributed by atoms with Gasteiger partial charge in [-0.1, -0.05) is 13.8 Å². The Kier molecular flexibility index (Phi) is 4.17. The van der Waals surface area contributed by atoms with E-state index in [2.05, 4.69) is 0 Å². The van der Waals surface area contributed by atoms with Crippen molar-refractivity contribution in [1.82, 2.24) is 0 Å². The summed E-state index contributed by atoms with van der Waals surface area (Å²) in [6, 6.07) is 5.89. The number of hydrogen-bond donors (Lipinski definition) is 0. The molecule has 1 aromatic heterocycles. The van der Waals surface area contributed by atoms with Gasteiger partial charge in [0, 0.05) is 25.5 Å². The highest BCUT2D eigenvalue weighted by Crippen LogP contribution is 2.52. The molecule has 1 aliphatic rings. The summed E-state index contributed by atoms with van der Waals surface area (Å²) in [5, 5.41) is 0. The first kappa shape index (κ1) is 18.8. The Morgan fingerprint density at radius 3 is 2.23 bits per heavy atom. The molecule has 0 fully saturated rings. The number of alkyl halides is 3. The average Bonchev–Trinajstić information content (AvgIpc) is 2.58. The number of rotatable bonds is 2. The Morgan fingerprint density at radius 2 is 1.69 bits per heavy atom. The van der Waals surface area contributed by atoms with E-state index in [1.165, 1.54) is 0 Å². The molecule has 0 saturated carbocycles. The Balaban J connectivity index is 2.52. The molecule has 0 bridgehead atoms. The molecule has 2 heterocycles. The van der Waals surface area contributed by atoms with Crippen LogP contribution in [0.25, 0.3) is 11.3 Å². The molecule has 0 saturated heterocycles. The summed E-state index contributed by atoms with van der Waals surface area (Å²) >= 11 is 0. The van der Waals surface area contributed by atoms with Crippen molar-refractivity contribution < 1.29 is 26.5 Å². The van der Waals surface area contributed by atoms with Crippen molar-refractivity contribution in [1.29, 1.82) is 0 Å². The smallest absolute Gasteiger partial charge is 0.206 e. The standard InChI is InChI=1S/C20H21F5N/c1-5-18(3)12-11-13(21)16(20(23,24)25)17(22)15(12)14-9-7-8-10-26(14)19(18,4)6-2/h7-11H,5-6H2,1-4H3/q+1. The number of hydrogen-bond acceptors (Lipinski definition) is 0. The Hall–Kier alpha value is -1.98. The summed E-state index contributed by atoms with van der Waals surface area (Å²) < 4.78 is 71.0. The third kappa shape index (κ3) is 2.23. The molecule has 1 aliphatic heterocycles. The Bertz CT molecular complexity index is 873. The minimum atomic E-state index is -5.10. The molecule has 2 aromatic rings. The van der Waals surface area contributed by atoms with Gasteiger partial charge in [0.15, 0.2) is 17.6 Å². The summed E-state index contributed by atoms with van der Waals surface area (Å²) in [5.74, 6) is -3.10. The van der Waals surface area contributed by atoms with E-state index in [0.29, 0.717) is 24.1 Å². The molecule has 140 valence electrons. The molecule has 0 spiro atoms. The molecule has 26 heavy (non-hydrogen) atoms. The van der Waals surface area contributed by atoms with Crippen LogP contribution in [0.5, 0.6) is 0 Å². The second-order valence-corrected chi connectivity index (χ2v) is 7.24. The molecule has 2 unspecified atom stereocenters. The summed E-state index contributed by atoms with van der Waals surface area (Å²) in [4.78, 5) is 0. The van der Waals surface area contributed by atoms with Crippen molar-refractivity contribution in [2.75, 3.05) is 0 Å². The predicted molar refractivity (Wildman–Crippen MR) is 88.6 cm³/mol. The third-order valence-corrected chi connectivity index (χ3v) is 6.33. The van der Waals surface area contributed by atoms with Crippen LogP contribution in [0.1, 0.15) is 51.7 Å². The van der Waals surface area contributed by atoms with Gasteiger partial charge >= 0.3 is 6.18 Å². The quantitative estimate of drug-likeness (QED) is 0.468. The zero-order valence-corrected chi connectivity index (χ0v) is 15.1. The van der Waals surface area contributed by atoms with Crippen molar-refractivity contribution in [2.24, 2.45) is 0 Å². The maximum Gasteiger partial charge on any atom is 0.422 e. The predicted octanol–water partition coefficient (Wildman–Crippen LogP) is 5.74. The molecule has 2 atom stereocenters. The first-order chi connectivity index (χ1) is 12.0. The SMILES string of the molecule is CCC1(C)c2cc(F)c(C(F)(F)F)c(F)c2-c2cccc[n+]2C1(C)CC. The van der Waals surface area contributed by atoms with E-state index in [0.717, 1.165) is 6.07 Å². The molecule has 0 aliphatic carbocycles. The van der Waals surface area contributed by atoms with Gasteiger partial charge in [-0.15, -0.1) is 0 Å². The van der Waals surface area contributed by atoms with Crippen LogP contribution in [0.2, 0.25) is 0 Å². The van der Waals surface area contributed by atoms with E-state index < -0.39 is 34.3 Å². The zero-order chi connectivity index (χ0) is 19.5. The van der Waals surface area contributed by atoms with Gasteiger partial charge in [-0.05, 0) is 31.0 Å². The highest BCUT2D eigenvalue weighted by Gasteiger charge is 2.58. The number of pyridine rings is 1. The van der Waals surface area contributed by atoms with E-state index >= 15 is 4.39 Å². The van der Waals surface area contributed by atoms with Gasteiger partial charge in [-0.3, -0.25) is 0 Å². The summed E-state index contributed by atoms with van der Waals surface area (Å²) in [5.41, 5.74) is -2.63. The molecule has 1 nitrogen and oxygen atoms in total. The van der Waals surface area contributed by atoms with Crippen molar-refractivity contribution in [3.05, 3.63) is 53.2 Å². The number of aromatic nitrogens is 1. The lowest BCUT2D eigenvalue weighted by molar-refractivity contribution is -0.765. The van der Waals surface area contributed by atoms with Crippen molar-refractivity contribution in [2.45, 2.75) is 57.7 Å². The minimum absolute atomic E-state index is 0.158. The summed E-state index contributed by atoms with van der Waals surface area (Å²) in [6.07, 6.45) is -2.17. The normalized spacial score (nSPS) is 25.0. The second kappa shape index (κ2) is 5.76. The largest absolute Gasteiger partial charge is 0.422 e. The molecule has 3 rings (SSSR count). The van der Waals surface area contributed by atoms with Crippen molar-refractivity contribution in [3.8, 4) is 11.3 Å². The third-order valence-electron chi connectivity index (χ3n) is 6.33. The molecule has 0 amide bonds. The Morgan fingerprint density at radius 1 is 1.04 bits per heavy atom. The van der Waals surface area contributed by atoms with Crippen LogP contribution in [0.15, 0.2) is 30.5 Å². The fraction of sp³-hybridized carbons (Fsp3) is 0.450. The molecule has 0 radical (unpaired) electrons. The molecule has 1 aromatic carbocycles. The van der Waals surface area contributed by atoms with Crippen LogP contribution in [-0.4, -0.2) is 0 Å². The highest BCUT2D eigenvalue weighted by molar-refractivity contribution is 5.68. The lowest BCUT2D eigenvalue weighted by Crippen LogP contribution is -2.67. The van der Waals surface area contributed by atoms with Crippen molar-refractivity contribution >= 4 is 0 Å². The van der Waals surface area contributed by atoms with Crippen LogP contribution in [-0.2, 0) is 17.1 Å². The van der Waals surface area contributed by atoms with Crippen LogP contribution in [0.4, 0.5) is 22.0 Å². The van der Waals surface area contributed by atoms with E-state index in [1.54, 1.807) is 24.4 Å². The summed E-state index contributed by atoms with van der Waals surface area (Å²) in [7, 11) is 0. The van der Waals surface area contributed by atoms with E-state index in [4.69, 9.17) is 0 Å². The molecular weight excluding hydrogens is 349 g/mol. The van der Waals surface area contributed by atoms with Crippen molar-refractivity contribution in [3.63, 3.8) is 0 Å². The van der Waals surface area contributed by atoms with Crippen LogP contribution in [0.3, 0.4) is 0 Å².